The first-order valence-corrected chi connectivity index (χ1v) is 6.68. The van der Waals surface area contributed by atoms with E-state index in [4.69, 9.17) is 5.73 Å². The summed E-state index contributed by atoms with van der Waals surface area (Å²) in [6.45, 7) is 2.06. The third kappa shape index (κ3) is 3.07. The van der Waals surface area contributed by atoms with Crippen molar-refractivity contribution < 1.29 is 4.79 Å². The number of hydrogen-bond acceptors (Lipinski definition) is 4. The van der Waals surface area contributed by atoms with Crippen molar-refractivity contribution in [1.29, 1.82) is 0 Å². The lowest BCUT2D eigenvalue weighted by Gasteiger charge is -2.28. The third-order valence-corrected chi connectivity index (χ3v) is 3.36. The Morgan fingerprint density at radius 1 is 1.50 bits per heavy atom. The molecule has 1 aliphatic carbocycles. The molecule has 2 atom stereocenters. The summed E-state index contributed by atoms with van der Waals surface area (Å²) in [4.78, 5) is 16.1. The van der Waals surface area contributed by atoms with E-state index in [0.29, 0.717) is 0 Å². The Balaban J connectivity index is 1.93. The highest BCUT2D eigenvalue weighted by Gasteiger charge is 2.25. The lowest BCUT2D eigenvalue weighted by atomic mass is 9.91. The van der Waals surface area contributed by atoms with Gasteiger partial charge in [0.25, 0.3) is 5.91 Å². The summed E-state index contributed by atoms with van der Waals surface area (Å²) in [5, 5.41) is 9.65. The van der Waals surface area contributed by atoms with Crippen molar-refractivity contribution in [3.8, 4) is 0 Å². The maximum Gasteiger partial charge on any atom is 0.291 e. The first-order valence-electron chi connectivity index (χ1n) is 6.68. The molecule has 1 aromatic heterocycles. The first kappa shape index (κ1) is 13.0. The van der Waals surface area contributed by atoms with Gasteiger partial charge < -0.3 is 11.1 Å². The topological polar surface area (TPSA) is 96.7 Å². The van der Waals surface area contributed by atoms with Crippen molar-refractivity contribution in [2.45, 2.75) is 57.5 Å². The molecule has 100 valence electrons. The smallest absolute Gasteiger partial charge is 0.291 e. The molecule has 0 saturated heterocycles. The van der Waals surface area contributed by atoms with E-state index in [-0.39, 0.29) is 23.8 Å². The van der Waals surface area contributed by atoms with Crippen LogP contribution in [-0.2, 0) is 6.42 Å². The molecule has 1 amide bonds. The second-order valence-electron chi connectivity index (χ2n) is 4.88. The standard InChI is InChI=1S/C12H21N5O/c1-2-5-10-15-11(17-16-10)12(18)14-9-7-4-3-6-8(9)13/h8-9H,2-7,13H2,1H3,(H,14,18)(H,15,16,17)/t8-,9-/m1/s1. The largest absolute Gasteiger partial charge is 0.345 e. The summed E-state index contributed by atoms with van der Waals surface area (Å²) in [7, 11) is 0. The van der Waals surface area contributed by atoms with Gasteiger partial charge in [-0.3, -0.25) is 9.89 Å². The summed E-state index contributed by atoms with van der Waals surface area (Å²) in [6, 6.07) is 0.108. The molecule has 0 radical (unpaired) electrons. The highest BCUT2D eigenvalue weighted by atomic mass is 16.2. The van der Waals surface area contributed by atoms with E-state index in [2.05, 4.69) is 27.4 Å². The minimum absolute atomic E-state index is 0.0526. The van der Waals surface area contributed by atoms with Gasteiger partial charge in [-0.05, 0) is 19.3 Å². The zero-order valence-electron chi connectivity index (χ0n) is 10.8. The number of aromatic nitrogens is 3. The van der Waals surface area contributed by atoms with E-state index in [1.807, 2.05) is 0 Å². The number of amides is 1. The molecule has 0 bridgehead atoms. The quantitative estimate of drug-likeness (QED) is 0.736. The molecule has 18 heavy (non-hydrogen) atoms. The fourth-order valence-electron chi connectivity index (χ4n) is 2.32. The van der Waals surface area contributed by atoms with Crippen LogP contribution in [0.15, 0.2) is 0 Å². The molecule has 0 aromatic carbocycles. The molecule has 6 nitrogen and oxygen atoms in total. The fourth-order valence-corrected chi connectivity index (χ4v) is 2.32. The summed E-state index contributed by atoms with van der Waals surface area (Å²) < 4.78 is 0. The van der Waals surface area contributed by atoms with Crippen molar-refractivity contribution in [1.82, 2.24) is 20.5 Å². The first-order chi connectivity index (χ1) is 8.70. The number of nitrogens with zero attached hydrogens (tertiary/aromatic N) is 2. The molecular weight excluding hydrogens is 230 g/mol. The number of nitrogens with two attached hydrogens (primary N) is 1. The molecule has 1 aromatic rings. The Kier molecular flexibility index (Phi) is 4.30. The van der Waals surface area contributed by atoms with Crippen LogP contribution >= 0.6 is 0 Å². The van der Waals surface area contributed by atoms with Gasteiger partial charge in [0.15, 0.2) is 0 Å². The molecule has 0 aliphatic heterocycles. The molecule has 6 heteroatoms. The van der Waals surface area contributed by atoms with Crippen molar-refractivity contribution in [3.05, 3.63) is 11.6 Å². The number of hydrogen-bond donors (Lipinski definition) is 3. The van der Waals surface area contributed by atoms with Crippen LogP contribution in [0, 0.1) is 0 Å². The summed E-state index contributed by atoms with van der Waals surface area (Å²) in [5.41, 5.74) is 5.99. The van der Waals surface area contributed by atoms with E-state index in [0.717, 1.165) is 44.3 Å². The molecule has 2 rings (SSSR count). The van der Waals surface area contributed by atoms with Gasteiger partial charge in [0.2, 0.25) is 5.82 Å². The van der Waals surface area contributed by atoms with Gasteiger partial charge in [0.1, 0.15) is 5.82 Å². The zero-order chi connectivity index (χ0) is 13.0. The second-order valence-corrected chi connectivity index (χ2v) is 4.88. The van der Waals surface area contributed by atoms with E-state index in [9.17, 15) is 4.79 Å². The average Bonchev–Trinajstić information content (AvgIpc) is 2.81. The summed E-state index contributed by atoms with van der Waals surface area (Å²) in [5.74, 6) is 0.753. The maximum absolute atomic E-state index is 12.0. The predicted molar refractivity (Wildman–Crippen MR) is 68.1 cm³/mol. The monoisotopic (exact) mass is 251 g/mol. The number of rotatable bonds is 4. The number of aryl methyl sites for hydroxylation is 1. The second kappa shape index (κ2) is 5.95. The molecule has 1 fully saturated rings. The predicted octanol–water partition coefficient (Wildman–Crippen LogP) is 0.757. The molecule has 4 N–H and O–H groups in total. The van der Waals surface area contributed by atoms with Crippen molar-refractivity contribution in [2.75, 3.05) is 0 Å². The molecular formula is C12H21N5O. The van der Waals surface area contributed by atoms with Crippen LogP contribution in [0.3, 0.4) is 0 Å². The van der Waals surface area contributed by atoms with Gasteiger partial charge >= 0.3 is 0 Å². The Morgan fingerprint density at radius 2 is 2.28 bits per heavy atom. The molecule has 1 saturated carbocycles. The normalized spacial score (nSPS) is 23.9. The Bertz CT molecular complexity index is 403. The Morgan fingerprint density at radius 3 is 3.00 bits per heavy atom. The van der Waals surface area contributed by atoms with E-state index >= 15 is 0 Å². The number of H-pyrrole nitrogens is 1. The molecule has 0 unspecified atom stereocenters. The van der Waals surface area contributed by atoms with E-state index in [1.165, 1.54) is 0 Å². The third-order valence-electron chi connectivity index (χ3n) is 3.36. The van der Waals surface area contributed by atoms with Gasteiger partial charge in [-0.25, -0.2) is 4.98 Å². The van der Waals surface area contributed by atoms with E-state index < -0.39 is 0 Å². The zero-order valence-corrected chi connectivity index (χ0v) is 10.8. The minimum Gasteiger partial charge on any atom is -0.345 e. The van der Waals surface area contributed by atoms with Crippen LogP contribution < -0.4 is 11.1 Å². The maximum atomic E-state index is 12.0. The van der Waals surface area contributed by atoms with Crippen LogP contribution in [0.4, 0.5) is 0 Å². The molecule has 1 heterocycles. The average molecular weight is 251 g/mol. The number of carbonyl (C=O) groups excluding carboxylic acids is 1. The Hall–Kier alpha value is -1.43. The van der Waals surface area contributed by atoms with Gasteiger partial charge in [0, 0.05) is 18.5 Å². The van der Waals surface area contributed by atoms with Crippen molar-refractivity contribution in [2.24, 2.45) is 5.73 Å². The van der Waals surface area contributed by atoms with E-state index in [1.54, 1.807) is 0 Å². The molecule has 0 spiro atoms. The SMILES string of the molecule is CCCc1nc(C(=O)N[C@@H]2CCCC[C@H]2N)n[nH]1. The lowest BCUT2D eigenvalue weighted by Crippen LogP contribution is -2.49. The van der Waals surface area contributed by atoms with Crippen LogP contribution in [0.25, 0.3) is 0 Å². The summed E-state index contributed by atoms with van der Waals surface area (Å²) >= 11 is 0. The highest BCUT2D eigenvalue weighted by Crippen LogP contribution is 2.17. The van der Waals surface area contributed by atoms with Crippen LogP contribution in [0.1, 0.15) is 55.5 Å². The van der Waals surface area contributed by atoms with Gasteiger partial charge in [-0.15, -0.1) is 5.10 Å². The number of nitrogens with one attached hydrogen (secondary N) is 2. The van der Waals surface area contributed by atoms with Crippen LogP contribution in [0.2, 0.25) is 0 Å². The number of aromatic amines is 1. The van der Waals surface area contributed by atoms with Crippen LogP contribution in [0.5, 0.6) is 0 Å². The summed E-state index contributed by atoms with van der Waals surface area (Å²) in [6.07, 6.45) is 5.97. The van der Waals surface area contributed by atoms with Gasteiger partial charge in [0.05, 0.1) is 0 Å². The Labute approximate surface area is 107 Å². The molecule has 1 aliphatic rings. The van der Waals surface area contributed by atoms with Crippen molar-refractivity contribution >= 4 is 5.91 Å². The minimum atomic E-state index is -0.226. The fraction of sp³-hybridized carbons (Fsp3) is 0.750. The van der Waals surface area contributed by atoms with Gasteiger partial charge in [-0.2, -0.15) is 0 Å². The van der Waals surface area contributed by atoms with Crippen LogP contribution in [-0.4, -0.2) is 33.2 Å². The lowest BCUT2D eigenvalue weighted by molar-refractivity contribution is 0.0911. The highest BCUT2D eigenvalue weighted by molar-refractivity contribution is 5.90. The van der Waals surface area contributed by atoms with Crippen molar-refractivity contribution in [3.63, 3.8) is 0 Å². The number of carbonyl (C=O) groups is 1. The van der Waals surface area contributed by atoms with Gasteiger partial charge in [-0.1, -0.05) is 19.8 Å².